The van der Waals surface area contributed by atoms with E-state index in [0.717, 1.165) is 16.8 Å². The molecule has 0 aliphatic rings. The molecule has 1 atom stereocenters. The van der Waals surface area contributed by atoms with Crippen molar-refractivity contribution in [3.63, 3.8) is 0 Å². The van der Waals surface area contributed by atoms with Crippen molar-refractivity contribution in [3.8, 4) is 11.1 Å². The van der Waals surface area contributed by atoms with Crippen molar-refractivity contribution in [2.75, 3.05) is 18.4 Å². The first-order valence-electron chi connectivity index (χ1n) is 9.57. The van der Waals surface area contributed by atoms with Gasteiger partial charge in [-0.05, 0) is 53.1 Å². The third-order valence-electron chi connectivity index (χ3n) is 4.69. The van der Waals surface area contributed by atoms with Gasteiger partial charge in [0, 0.05) is 23.8 Å². The number of nitrogens with one attached hydrogen (secondary N) is 2. The summed E-state index contributed by atoms with van der Waals surface area (Å²) in [6, 6.07) is 20.3. The zero-order valence-corrected chi connectivity index (χ0v) is 17.3. The third kappa shape index (κ3) is 6.04. The minimum Gasteiger partial charge on any atom is -0.478 e. The standard InChI is InChI=1S/C23H23ClN2O5/c24-19-8-2-6-17(13-19)21(27)23(30,31)26-11-10-25-20-9-3-5-16(14-20)15-4-1-7-18(12-15)22(28)29/h1-9,12-14,21,25-27,30-31H,10-11H2,(H,28,29). The number of rotatable bonds is 9. The van der Waals surface area contributed by atoms with Gasteiger partial charge in [-0.3, -0.25) is 5.32 Å². The van der Waals surface area contributed by atoms with Crippen molar-refractivity contribution < 1.29 is 25.2 Å². The lowest BCUT2D eigenvalue weighted by Gasteiger charge is -2.28. The normalized spacial score (nSPS) is 12.4. The minimum atomic E-state index is -2.54. The molecule has 0 fully saturated rings. The fourth-order valence-electron chi connectivity index (χ4n) is 3.10. The van der Waals surface area contributed by atoms with Gasteiger partial charge in [-0.2, -0.15) is 0 Å². The summed E-state index contributed by atoms with van der Waals surface area (Å²) in [5.41, 5.74) is 2.87. The maximum atomic E-state index is 11.2. The Balaban J connectivity index is 1.58. The van der Waals surface area contributed by atoms with E-state index >= 15 is 0 Å². The molecular formula is C23H23ClN2O5. The number of hydrogen-bond donors (Lipinski definition) is 6. The maximum absolute atomic E-state index is 11.2. The number of carbonyl (C=O) groups is 1. The second-order valence-electron chi connectivity index (χ2n) is 7.00. The summed E-state index contributed by atoms with van der Waals surface area (Å²) in [5.74, 6) is -3.52. The molecule has 3 aromatic carbocycles. The highest BCUT2D eigenvalue weighted by atomic mass is 35.5. The molecule has 0 saturated carbocycles. The zero-order chi connectivity index (χ0) is 22.4. The third-order valence-corrected chi connectivity index (χ3v) is 4.93. The molecule has 0 radical (unpaired) electrons. The first-order valence-corrected chi connectivity index (χ1v) is 9.95. The van der Waals surface area contributed by atoms with Gasteiger partial charge in [-0.15, -0.1) is 0 Å². The molecule has 0 aromatic heterocycles. The number of halogens is 1. The topological polar surface area (TPSA) is 122 Å². The maximum Gasteiger partial charge on any atom is 0.335 e. The summed E-state index contributed by atoms with van der Waals surface area (Å²) >= 11 is 5.88. The van der Waals surface area contributed by atoms with Gasteiger partial charge in [0.15, 0.2) is 0 Å². The Morgan fingerprint density at radius 2 is 1.61 bits per heavy atom. The van der Waals surface area contributed by atoms with Crippen molar-refractivity contribution in [2.24, 2.45) is 0 Å². The molecule has 7 nitrogen and oxygen atoms in total. The van der Waals surface area contributed by atoms with Crippen LogP contribution < -0.4 is 10.6 Å². The highest BCUT2D eigenvalue weighted by molar-refractivity contribution is 6.30. The van der Waals surface area contributed by atoms with Crippen molar-refractivity contribution in [1.29, 1.82) is 0 Å². The molecule has 6 N–H and O–H groups in total. The lowest BCUT2D eigenvalue weighted by atomic mass is 10.0. The van der Waals surface area contributed by atoms with Gasteiger partial charge in [0.05, 0.1) is 5.56 Å². The Morgan fingerprint density at radius 3 is 2.32 bits per heavy atom. The van der Waals surface area contributed by atoms with E-state index in [4.69, 9.17) is 16.7 Å². The monoisotopic (exact) mass is 442 g/mol. The molecule has 0 spiro atoms. The highest BCUT2D eigenvalue weighted by Gasteiger charge is 2.33. The molecule has 162 valence electrons. The van der Waals surface area contributed by atoms with Crippen molar-refractivity contribution >= 4 is 23.3 Å². The van der Waals surface area contributed by atoms with E-state index in [1.807, 2.05) is 30.3 Å². The molecular weight excluding hydrogens is 420 g/mol. The lowest BCUT2D eigenvalue weighted by Crippen LogP contribution is -2.51. The quantitative estimate of drug-likeness (QED) is 0.222. The molecule has 8 heteroatoms. The average Bonchev–Trinajstić information content (AvgIpc) is 2.76. The number of aliphatic hydroxyl groups is 3. The number of carboxylic acid groups (broad SMARTS) is 1. The van der Waals surface area contributed by atoms with Crippen molar-refractivity contribution in [1.82, 2.24) is 5.32 Å². The van der Waals surface area contributed by atoms with E-state index in [1.165, 1.54) is 12.1 Å². The molecule has 0 aliphatic carbocycles. The van der Waals surface area contributed by atoms with Gasteiger partial charge in [-0.25, -0.2) is 4.79 Å². The van der Waals surface area contributed by atoms with Crippen LogP contribution in [0.4, 0.5) is 5.69 Å². The van der Waals surface area contributed by atoms with E-state index in [9.17, 15) is 20.1 Å². The van der Waals surface area contributed by atoms with Crippen LogP contribution in [0.5, 0.6) is 0 Å². The summed E-state index contributed by atoms with van der Waals surface area (Å²) < 4.78 is 0. The van der Waals surface area contributed by atoms with Crippen LogP contribution in [-0.2, 0) is 0 Å². The Labute approximate surface area is 184 Å². The van der Waals surface area contributed by atoms with E-state index < -0.39 is 18.0 Å². The lowest BCUT2D eigenvalue weighted by molar-refractivity contribution is -0.247. The van der Waals surface area contributed by atoms with Gasteiger partial charge < -0.3 is 25.7 Å². The molecule has 0 bridgehead atoms. The van der Waals surface area contributed by atoms with Crippen LogP contribution in [0.2, 0.25) is 5.02 Å². The molecule has 0 heterocycles. The van der Waals surface area contributed by atoms with E-state index in [-0.39, 0.29) is 17.7 Å². The molecule has 31 heavy (non-hydrogen) atoms. The highest BCUT2D eigenvalue weighted by Crippen LogP contribution is 2.25. The summed E-state index contributed by atoms with van der Waals surface area (Å²) in [6.45, 7) is 0.479. The summed E-state index contributed by atoms with van der Waals surface area (Å²) in [5, 5.41) is 45.7. The van der Waals surface area contributed by atoms with Crippen molar-refractivity contribution in [3.05, 3.63) is 88.9 Å². The first kappa shape index (κ1) is 22.7. The summed E-state index contributed by atoms with van der Waals surface area (Å²) in [7, 11) is 0. The Bertz CT molecular complexity index is 1060. The molecule has 0 aliphatic heterocycles. The zero-order valence-electron chi connectivity index (χ0n) is 16.5. The van der Waals surface area contributed by atoms with Crippen LogP contribution in [0, 0.1) is 0 Å². The predicted octanol–water partition coefficient (Wildman–Crippen LogP) is 3.08. The Hall–Kier alpha value is -2.94. The SMILES string of the molecule is O=C(O)c1cccc(-c2cccc(NCCNC(O)(O)C(O)c3cccc(Cl)c3)c2)c1. The number of aliphatic hydroxyl groups excluding tert-OH is 1. The van der Waals surface area contributed by atoms with Crippen LogP contribution in [-0.4, -0.2) is 45.4 Å². The molecule has 3 aromatic rings. The number of hydrogen-bond acceptors (Lipinski definition) is 6. The van der Waals surface area contributed by atoms with Crippen LogP contribution in [0.25, 0.3) is 11.1 Å². The number of aromatic carboxylic acids is 1. The largest absolute Gasteiger partial charge is 0.478 e. The van der Waals surface area contributed by atoms with E-state index in [0.29, 0.717) is 11.6 Å². The van der Waals surface area contributed by atoms with Gasteiger partial charge in [0.2, 0.25) is 0 Å². The minimum absolute atomic E-state index is 0.142. The Morgan fingerprint density at radius 1 is 0.935 bits per heavy atom. The van der Waals surface area contributed by atoms with Crippen LogP contribution in [0.15, 0.2) is 72.8 Å². The summed E-state index contributed by atoms with van der Waals surface area (Å²) in [4.78, 5) is 11.2. The van der Waals surface area contributed by atoms with Crippen molar-refractivity contribution in [2.45, 2.75) is 12.0 Å². The van der Waals surface area contributed by atoms with Crippen LogP contribution >= 0.6 is 11.6 Å². The molecule has 3 rings (SSSR count). The molecule has 0 amide bonds. The number of benzene rings is 3. The summed E-state index contributed by atoms with van der Waals surface area (Å²) in [6.07, 6.45) is -1.59. The van der Waals surface area contributed by atoms with Gasteiger partial charge in [0.25, 0.3) is 5.91 Å². The van der Waals surface area contributed by atoms with Crippen LogP contribution in [0.3, 0.4) is 0 Å². The smallest absolute Gasteiger partial charge is 0.335 e. The fourth-order valence-corrected chi connectivity index (χ4v) is 3.30. The van der Waals surface area contributed by atoms with Gasteiger partial charge in [-0.1, -0.05) is 48.0 Å². The predicted molar refractivity (Wildman–Crippen MR) is 119 cm³/mol. The van der Waals surface area contributed by atoms with Crippen LogP contribution in [0.1, 0.15) is 22.0 Å². The second kappa shape index (κ2) is 9.91. The molecule has 0 saturated heterocycles. The number of anilines is 1. The second-order valence-corrected chi connectivity index (χ2v) is 7.44. The van der Waals surface area contributed by atoms with Gasteiger partial charge >= 0.3 is 5.97 Å². The first-order chi connectivity index (χ1) is 14.8. The fraction of sp³-hybridized carbons (Fsp3) is 0.174. The Kier molecular flexibility index (Phi) is 7.27. The average molecular weight is 443 g/mol. The number of carboxylic acids is 1. The van der Waals surface area contributed by atoms with Gasteiger partial charge in [0.1, 0.15) is 6.10 Å². The van der Waals surface area contributed by atoms with E-state index in [1.54, 1.807) is 30.3 Å². The van der Waals surface area contributed by atoms with E-state index in [2.05, 4.69) is 10.6 Å². The molecule has 1 unspecified atom stereocenters.